The SMILES string of the molecule is O=C(Nc1cccc(Br)n1)c1cc(Br)cn1C1CC1. The molecular weight excluding hydrogens is 374 g/mol. The van der Waals surface area contributed by atoms with Gasteiger partial charge in [0.2, 0.25) is 0 Å². The summed E-state index contributed by atoms with van der Waals surface area (Å²) in [5.41, 5.74) is 0.663. The van der Waals surface area contributed by atoms with Crippen molar-refractivity contribution in [3.8, 4) is 0 Å². The number of anilines is 1. The number of amides is 1. The summed E-state index contributed by atoms with van der Waals surface area (Å²) >= 11 is 6.71. The highest BCUT2D eigenvalue weighted by molar-refractivity contribution is 9.10. The van der Waals surface area contributed by atoms with Crippen LogP contribution in [0.25, 0.3) is 0 Å². The normalized spacial score (nSPS) is 14.4. The molecule has 19 heavy (non-hydrogen) atoms. The summed E-state index contributed by atoms with van der Waals surface area (Å²) in [5, 5.41) is 2.81. The molecule has 1 saturated carbocycles. The summed E-state index contributed by atoms with van der Waals surface area (Å²) in [6.45, 7) is 0. The van der Waals surface area contributed by atoms with Gasteiger partial charge in [-0.15, -0.1) is 0 Å². The molecule has 6 heteroatoms. The van der Waals surface area contributed by atoms with Crippen LogP contribution in [0.5, 0.6) is 0 Å². The number of hydrogen-bond acceptors (Lipinski definition) is 2. The highest BCUT2D eigenvalue weighted by Gasteiger charge is 2.27. The van der Waals surface area contributed by atoms with Crippen LogP contribution < -0.4 is 5.32 Å². The van der Waals surface area contributed by atoms with Crippen LogP contribution in [0.3, 0.4) is 0 Å². The van der Waals surface area contributed by atoms with Crippen LogP contribution in [-0.2, 0) is 0 Å². The second-order valence-electron chi connectivity index (χ2n) is 4.48. The van der Waals surface area contributed by atoms with Crippen LogP contribution in [0.1, 0.15) is 29.4 Å². The maximum atomic E-state index is 12.3. The Kier molecular flexibility index (Phi) is 3.45. The van der Waals surface area contributed by atoms with E-state index < -0.39 is 0 Å². The smallest absolute Gasteiger partial charge is 0.273 e. The minimum absolute atomic E-state index is 0.136. The summed E-state index contributed by atoms with van der Waals surface area (Å²) in [7, 11) is 0. The fourth-order valence-electron chi connectivity index (χ4n) is 1.94. The van der Waals surface area contributed by atoms with Crippen LogP contribution >= 0.6 is 31.9 Å². The van der Waals surface area contributed by atoms with Crippen LogP contribution in [0.4, 0.5) is 5.82 Å². The lowest BCUT2D eigenvalue weighted by atomic mass is 10.3. The van der Waals surface area contributed by atoms with Crippen molar-refractivity contribution in [3.63, 3.8) is 0 Å². The Morgan fingerprint density at radius 3 is 2.84 bits per heavy atom. The molecule has 2 aromatic rings. The molecule has 2 aromatic heterocycles. The molecule has 0 atom stereocenters. The van der Waals surface area contributed by atoms with Gasteiger partial charge in [0.1, 0.15) is 16.1 Å². The molecule has 0 bridgehead atoms. The lowest BCUT2D eigenvalue weighted by Gasteiger charge is -2.08. The first-order chi connectivity index (χ1) is 9.13. The minimum Gasteiger partial charge on any atom is -0.339 e. The summed E-state index contributed by atoms with van der Waals surface area (Å²) in [5.74, 6) is 0.405. The van der Waals surface area contributed by atoms with Crippen molar-refractivity contribution in [2.45, 2.75) is 18.9 Å². The zero-order chi connectivity index (χ0) is 13.4. The molecule has 0 saturated heterocycles. The van der Waals surface area contributed by atoms with Gasteiger partial charge in [-0.25, -0.2) is 4.98 Å². The van der Waals surface area contributed by atoms with E-state index in [4.69, 9.17) is 0 Å². The molecule has 1 aliphatic rings. The number of nitrogens with zero attached hydrogens (tertiary/aromatic N) is 2. The van der Waals surface area contributed by atoms with Gasteiger partial charge in [-0.3, -0.25) is 4.79 Å². The van der Waals surface area contributed by atoms with Crippen molar-refractivity contribution in [1.82, 2.24) is 9.55 Å². The van der Waals surface area contributed by atoms with Gasteiger partial charge >= 0.3 is 0 Å². The van der Waals surface area contributed by atoms with Crippen LogP contribution in [0.15, 0.2) is 39.5 Å². The highest BCUT2D eigenvalue weighted by Crippen LogP contribution is 2.37. The molecule has 2 heterocycles. The molecule has 1 aliphatic carbocycles. The molecule has 1 fully saturated rings. The maximum absolute atomic E-state index is 12.3. The first kappa shape index (κ1) is 12.9. The van der Waals surface area contributed by atoms with Gasteiger partial charge in [-0.05, 0) is 62.9 Å². The van der Waals surface area contributed by atoms with Crippen molar-refractivity contribution in [2.75, 3.05) is 5.32 Å². The average molecular weight is 385 g/mol. The fourth-order valence-corrected chi connectivity index (χ4v) is 2.72. The molecule has 0 unspecified atom stereocenters. The number of hydrogen-bond donors (Lipinski definition) is 1. The first-order valence-electron chi connectivity index (χ1n) is 5.95. The third kappa shape index (κ3) is 2.90. The number of carbonyl (C=O) groups excluding carboxylic acids is 1. The number of carbonyl (C=O) groups is 1. The molecule has 0 radical (unpaired) electrons. The summed E-state index contributed by atoms with van der Waals surface area (Å²) in [6, 6.07) is 7.72. The van der Waals surface area contributed by atoms with Crippen LogP contribution in [-0.4, -0.2) is 15.5 Å². The van der Waals surface area contributed by atoms with E-state index in [1.54, 1.807) is 6.07 Å². The predicted molar refractivity (Wildman–Crippen MR) is 80.3 cm³/mol. The fraction of sp³-hybridized carbons (Fsp3) is 0.231. The maximum Gasteiger partial charge on any atom is 0.273 e. The number of halogens is 2. The second kappa shape index (κ2) is 5.09. The van der Waals surface area contributed by atoms with Crippen molar-refractivity contribution in [1.29, 1.82) is 0 Å². The van der Waals surface area contributed by atoms with Crippen LogP contribution in [0, 0.1) is 0 Å². The topological polar surface area (TPSA) is 46.9 Å². The molecule has 1 amide bonds. The van der Waals surface area contributed by atoms with E-state index in [1.165, 1.54) is 0 Å². The van der Waals surface area contributed by atoms with E-state index in [0.717, 1.165) is 17.3 Å². The van der Waals surface area contributed by atoms with Gasteiger partial charge in [-0.2, -0.15) is 0 Å². The minimum atomic E-state index is -0.136. The second-order valence-corrected chi connectivity index (χ2v) is 6.21. The third-order valence-corrected chi connectivity index (χ3v) is 3.82. The molecule has 98 valence electrons. The third-order valence-electron chi connectivity index (χ3n) is 2.94. The Morgan fingerprint density at radius 2 is 2.16 bits per heavy atom. The monoisotopic (exact) mass is 383 g/mol. The van der Waals surface area contributed by atoms with E-state index in [2.05, 4.69) is 42.2 Å². The van der Waals surface area contributed by atoms with Gasteiger partial charge in [0.15, 0.2) is 0 Å². The molecular formula is C13H11Br2N3O. The lowest BCUT2D eigenvalue weighted by Crippen LogP contribution is -2.17. The van der Waals surface area contributed by atoms with Crippen molar-refractivity contribution in [3.05, 3.63) is 45.2 Å². The lowest BCUT2D eigenvalue weighted by molar-refractivity contribution is 0.101. The van der Waals surface area contributed by atoms with Gasteiger partial charge in [0, 0.05) is 16.7 Å². The van der Waals surface area contributed by atoms with E-state index in [-0.39, 0.29) is 5.91 Å². The molecule has 3 rings (SSSR count). The number of pyridine rings is 1. The molecule has 1 N–H and O–H groups in total. The largest absolute Gasteiger partial charge is 0.339 e. The molecule has 4 nitrogen and oxygen atoms in total. The number of rotatable bonds is 3. The number of aromatic nitrogens is 2. The highest BCUT2D eigenvalue weighted by atomic mass is 79.9. The first-order valence-corrected chi connectivity index (χ1v) is 7.53. The van der Waals surface area contributed by atoms with Crippen LogP contribution in [0.2, 0.25) is 0 Å². The zero-order valence-corrected chi connectivity index (χ0v) is 13.1. The van der Waals surface area contributed by atoms with E-state index in [0.29, 0.717) is 22.2 Å². The van der Waals surface area contributed by atoms with Gasteiger partial charge in [0.05, 0.1) is 0 Å². The zero-order valence-electron chi connectivity index (χ0n) is 9.94. The quantitative estimate of drug-likeness (QED) is 0.813. The predicted octanol–water partition coefficient (Wildman–Crippen LogP) is 4.00. The Labute approximate surface area is 127 Å². The molecule has 0 aromatic carbocycles. The van der Waals surface area contributed by atoms with Crippen molar-refractivity contribution >= 4 is 43.6 Å². The average Bonchev–Trinajstić information content (AvgIpc) is 3.12. The van der Waals surface area contributed by atoms with Gasteiger partial charge in [-0.1, -0.05) is 6.07 Å². The molecule has 0 spiro atoms. The van der Waals surface area contributed by atoms with Crippen molar-refractivity contribution in [2.24, 2.45) is 0 Å². The Balaban J connectivity index is 1.84. The van der Waals surface area contributed by atoms with E-state index in [9.17, 15) is 4.79 Å². The Bertz CT molecular complexity index is 635. The van der Waals surface area contributed by atoms with Gasteiger partial charge in [0.25, 0.3) is 5.91 Å². The van der Waals surface area contributed by atoms with Crippen molar-refractivity contribution < 1.29 is 4.79 Å². The number of nitrogens with one attached hydrogen (secondary N) is 1. The Morgan fingerprint density at radius 1 is 1.37 bits per heavy atom. The summed E-state index contributed by atoms with van der Waals surface area (Å²) in [4.78, 5) is 16.5. The standard InChI is InChI=1S/C13H11Br2N3O/c14-8-6-10(18(7-8)9-4-5-9)13(19)17-12-3-1-2-11(15)16-12/h1-3,6-7,9H,4-5H2,(H,16,17,19). The van der Waals surface area contributed by atoms with E-state index >= 15 is 0 Å². The van der Waals surface area contributed by atoms with E-state index in [1.807, 2.05) is 29.0 Å². The molecule has 0 aliphatic heterocycles. The van der Waals surface area contributed by atoms with Gasteiger partial charge < -0.3 is 9.88 Å². The summed E-state index contributed by atoms with van der Waals surface area (Å²) < 4.78 is 3.65. The Hall–Kier alpha value is -1.14. The summed E-state index contributed by atoms with van der Waals surface area (Å²) in [6.07, 6.45) is 4.23.